The number of aryl methyl sites for hydroxylation is 1. The van der Waals surface area contributed by atoms with E-state index in [2.05, 4.69) is 22.1 Å². The summed E-state index contributed by atoms with van der Waals surface area (Å²) in [6.07, 6.45) is 1.70. The molecule has 0 atom stereocenters. The normalized spacial score (nSPS) is 11.1. The molecule has 1 heterocycles. The summed E-state index contributed by atoms with van der Waals surface area (Å²) >= 11 is 6.56. The molecule has 0 fully saturated rings. The minimum Gasteiger partial charge on any atom is -0.490 e. The first-order valence-corrected chi connectivity index (χ1v) is 11.1. The quantitative estimate of drug-likeness (QED) is 0.315. The summed E-state index contributed by atoms with van der Waals surface area (Å²) in [7, 11) is 0. The van der Waals surface area contributed by atoms with Crippen molar-refractivity contribution in [1.29, 1.82) is 10.5 Å². The lowest BCUT2D eigenvalue weighted by molar-refractivity contribution is 0.269. The molecular weight excluding hydrogens is 448 g/mol. The van der Waals surface area contributed by atoms with Crippen LogP contribution in [-0.4, -0.2) is 16.6 Å². The van der Waals surface area contributed by atoms with Gasteiger partial charge in [0, 0.05) is 5.56 Å². The number of nitriles is 2. The average molecular weight is 469 g/mol. The minimum atomic E-state index is 0.167. The fourth-order valence-electron chi connectivity index (χ4n) is 3.55. The van der Waals surface area contributed by atoms with E-state index in [4.69, 9.17) is 21.1 Å². The SMILES string of the molecule is CCOc1cc(C=C(C#N)c2nc3ccc(C)cc3[nH]2)cc(Cl)c1OCc1ccccc1C#N. The van der Waals surface area contributed by atoms with Gasteiger partial charge in [-0.1, -0.05) is 35.9 Å². The number of fused-ring (bicyclic) bond motifs is 1. The molecule has 0 radical (unpaired) electrons. The molecule has 7 heteroatoms. The van der Waals surface area contributed by atoms with Crippen LogP contribution in [0.5, 0.6) is 11.5 Å². The molecule has 1 aromatic heterocycles. The van der Waals surface area contributed by atoms with Crippen molar-refractivity contribution in [2.24, 2.45) is 0 Å². The van der Waals surface area contributed by atoms with Gasteiger partial charge in [0.1, 0.15) is 18.5 Å². The molecule has 0 unspecified atom stereocenters. The third-order valence-corrected chi connectivity index (χ3v) is 5.45. The lowest BCUT2D eigenvalue weighted by Crippen LogP contribution is -2.02. The smallest absolute Gasteiger partial charge is 0.180 e. The van der Waals surface area contributed by atoms with E-state index in [9.17, 15) is 10.5 Å². The highest BCUT2D eigenvalue weighted by molar-refractivity contribution is 6.32. The van der Waals surface area contributed by atoms with Crippen LogP contribution in [0.1, 0.15) is 35.0 Å². The first kappa shape index (κ1) is 22.9. The molecule has 0 aliphatic heterocycles. The second-order valence-electron chi connectivity index (χ2n) is 7.60. The molecule has 0 saturated heterocycles. The predicted molar refractivity (Wildman–Crippen MR) is 132 cm³/mol. The summed E-state index contributed by atoms with van der Waals surface area (Å²) in [5.74, 6) is 1.31. The van der Waals surface area contributed by atoms with Crippen molar-refractivity contribution < 1.29 is 9.47 Å². The van der Waals surface area contributed by atoms with Crippen molar-refractivity contribution >= 4 is 34.3 Å². The van der Waals surface area contributed by atoms with Crippen molar-refractivity contribution in [1.82, 2.24) is 9.97 Å². The number of aromatic amines is 1. The number of nitrogens with one attached hydrogen (secondary N) is 1. The highest BCUT2D eigenvalue weighted by atomic mass is 35.5. The number of ether oxygens (including phenoxy) is 2. The van der Waals surface area contributed by atoms with Gasteiger partial charge in [0.2, 0.25) is 0 Å². The highest BCUT2D eigenvalue weighted by Crippen LogP contribution is 2.38. The Bertz CT molecular complexity index is 1470. The van der Waals surface area contributed by atoms with Crippen LogP contribution in [0.2, 0.25) is 5.02 Å². The summed E-state index contributed by atoms with van der Waals surface area (Å²) in [5.41, 5.74) is 5.08. The average Bonchev–Trinajstić information content (AvgIpc) is 3.25. The fraction of sp³-hybridized carbons (Fsp3) is 0.148. The summed E-state index contributed by atoms with van der Waals surface area (Å²) in [6.45, 7) is 4.44. The number of hydrogen-bond donors (Lipinski definition) is 1. The van der Waals surface area contributed by atoms with Crippen LogP contribution < -0.4 is 9.47 Å². The Morgan fingerprint density at radius 1 is 1.12 bits per heavy atom. The highest BCUT2D eigenvalue weighted by Gasteiger charge is 2.15. The van der Waals surface area contributed by atoms with Crippen LogP contribution in [0, 0.1) is 29.6 Å². The van der Waals surface area contributed by atoms with E-state index in [1.807, 2.05) is 44.2 Å². The van der Waals surface area contributed by atoms with Crippen LogP contribution in [0.15, 0.2) is 54.6 Å². The number of aromatic nitrogens is 2. The van der Waals surface area contributed by atoms with Gasteiger partial charge in [0.15, 0.2) is 11.5 Å². The maximum atomic E-state index is 9.78. The van der Waals surface area contributed by atoms with Crippen molar-refractivity contribution in [3.63, 3.8) is 0 Å². The zero-order valence-electron chi connectivity index (χ0n) is 18.7. The van der Waals surface area contributed by atoms with Gasteiger partial charge in [-0.3, -0.25) is 0 Å². The Hall–Kier alpha value is -4.26. The van der Waals surface area contributed by atoms with Gasteiger partial charge in [-0.25, -0.2) is 4.98 Å². The predicted octanol–water partition coefficient (Wildman–Crippen LogP) is 6.44. The summed E-state index contributed by atoms with van der Waals surface area (Å²) in [5, 5.41) is 19.4. The standard InChI is InChI=1S/C27H21ClN4O2/c1-3-33-25-13-18(11-21(15-30)27-31-23-9-8-17(2)10-24(23)32-27)12-22(28)26(25)34-16-20-7-5-4-6-19(20)14-29/h4-13H,3,16H2,1-2H3,(H,31,32). The van der Waals surface area contributed by atoms with Crippen molar-refractivity contribution in [2.75, 3.05) is 6.61 Å². The largest absolute Gasteiger partial charge is 0.490 e. The molecule has 168 valence electrons. The minimum absolute atomic E-state index is 0.167. The Labute approximate surface area is 202 Å². The van der Waals surface area contributed by atoms with Gasteiger partial charge in [-0.2, -0.15) is 10.5 Å². The summed E-state index contributed by atoms with van der Waals surface area (Å²) in [6, 6.07) is 20.9. The lowest BCUT2D eigenvalue weighted by Gasteiger charge is -2.15. The topological polar surface area (TPSA) is 94.7 Å². The number of imidazole rings is 1. The Morgan fingerprint density at radius 3 is 2.71 bits per heavy atom. The molecule has 4 aromatic rings. The molecule has 3 aromatic carbocycles. The molecule has 4 rings (SSSR count). The molecule has 34 heavy (non-hydrogen) atoms. The molecule has 0 bridgehead atoms. The number of hydrogen-bond acceptors (Lipinski definition) is 5. The van der Waals surface area contributed by atoms with Crippen LogP contribution in [0.4, 0.5) is 0 Å². The number of rotatable bonds is 7. The second kappa shape index (κ2) is 10.1. The van der Waals surface area contributed by atoms with E-state index in [1.54, 1.807) is 30.3 Å². The first-order valence-electron chi connectivity index (χ1n) is 10.7. The molecule has 1 N–H and O–H groups in total. The fourth-order valence-corrected chi connectivity index (χ4v) is 3.82. The molecule has 6 nitrogen and oxygen atoms in total. The maximum Gasteiger partial charge on any atom is 0.180 e. The maximum absolute atomic E-state index is 9.78. The second-order valence-corrected chi connectivity index (χ2v) is 8.00. The summed E-state index contributed by atoms with van der Waals surface area (Å²) in [4.78, 5) is 7.74. The monoisotopic (exact) mass is 468 g/mol. The molecule has 0 aliphatic carbocycles. The molecule has 0 spiro atoms. The van der Waals surface area contributed by atoms with Gasteiger partial charge in [-0.15, -0.1) is 0 Å². The van der Waals surface area contributed by atoms with E-state index in [0.29, 0.717) is 45.7 Å². The first-order chi connectivity index (χ1) is 16.5. The lowest BCUT2D eigenvalue weighted by atomic mass is 10.1. The van der Waals surface area contributed by atoms with Gasteiger partial charge in [0.05, 0.1) is 39.9 Å². The van der Waals surface area contributed by atoms with Gasteiger partial charge < -0.3 is 14.5 Å². The number of allylic oxidation sites excluding steroid dienone is 1. The number of halogens is 1. The van der Waals surface area contributed by atoms with Crippen molar-refractivity contribution in [3.05, 3.63) is 87.7 Å². The van der Waals surface area contributed by atoms with Gasteiger partial charge >= 0.3 is 0 Å². The van der Waals surface area contributed by atoms with Crippen LogP contribution in [0.3, 0.4) is 0 Å². The summed E-state index contributed by atoms with van der Waals surface area (Å²) < 4.78 is 11.7. The van der Waals surface area contributed by atoms with Gasteiger partial charge in [-0.05, 0) is 61.4 Å². The third kappa shape index (κ3) is 4.88. The zero-order valence-corrected chi connectivity index (χ0v) is 19.5. The Balaban J connectivity index is 1.67. The van der Waals surface area contributed by atoms with Crippen molar-refractivity contribution in [2.45, 2.75) is 20.5 Å². The zero-order chi connectivity index (χ0) is 24.1. The van der Waals surface area contributed by atoms with Crippen LogP contribution in [0.25, 0.3) is 22.7 Å². The van der Waals surface area contributed by atoms with Crippen LogP contribution in [-0.2, 0) is 6.61 Å². The van der Waals surface area contributed by atoms with E-state index in [0.717, 1.165) is 22.2 Å². The Kier molecular flexibility index (Phi) is 6.82. The third-order valence-electron chi connectivity index (χ3n) is 5.17. The molecule has 0 aliphatic rings. The Morgan fingerprint density at radius 2 is 1.94 bits per heavy atom. The molecular formula is C27H21ClN4O2. The van der Waals surface area contributed by atoms with Crippen molar-refractivity contribution in [3.8, 4) is 23.6 Å². The number of H-pyrrole nitrogens is 1. The van der Waals surface area contributed by atoms with Crippen LogP contribution >= 0.6 is 11.6 Å². The van der Waals surface area contributed by atoms with E-state index in [-0.39, 0.29) is 6.61 Å². The molecule has 0 saturated carbocycles. The number of benzene rings is 3. The van der Waals surface area contributed by atoms with E-state index in [1.165, 1.54) is 0 Å². The number of nitrogens with zero attached hydrogens (tertiary/aromatic N) is 3. The van der Waals surface area contributed by atoms with E-state index < -0.39 is 0 Å². The van der Waals surface area contributed by atoms with Gasteiger partial charge in [0.25, 0.3) is 0 Å². The molecule has 0 amide bonds. The van der Waals surface area contributed by atoms with E-state index >= 15 is 0 Å².